The molecule has 2 unspecified atom stereocenters. The maximum absolute atomic E-state index is 5.44. The van der Waals surface area contributed by atoms with E-state index < -0.39 is 0 Å². The summed E-state index contributed by atoms with van der Waals surface area (Å²) in [6.07, 6.45) is 6.25. The number of thioether (sulfide) groups is 1. The van der Waals surface area contributed by atoms with E-state index in [-0.39, 0.29) is 0 Å². The summed E-state index contributed by atoms with van der Waals surface area (Å²) in [4.78, 5) is 4.79. The summed E-state index contributed by atoms with van der Waals surface area (Å²) < 4.78 is 10.8. The van der Waals surface area contributed by atoms with Crippen molar-refractivity contribution in [3.63, 3.8) is 0 Å². The SMILES string of the molecule is c1coc(CCNC(=NCC2CCOC2)NC2CCCSC2)c1. The minimum absolute atomic E-state index is 0.531. The third-order valence-corrected chi connectivity index (χ3v) is 5.49. The summed E-state index contributed by atoms with van der Waals surface area (Å²) >= 11 is 2.03. The molecule has 6 heteroatoms. The molecular formula is C17H27N3O2S. The lowest BCUT2D eigenvalue weighted by atomic mass is 10.1. The van der Waals surface area contributed by atoms with Gasteiger partial charge in [0.2, 0.25) is 0 Å². The van der Waals surface area contributed by atoms with Gasteiger partial charge in [0.25, 0.3) is 0 Å². The van der Waals surface area contributed by atoms with Crippen molar-refractivity contribution in [3.05, 3.63) is 24.2 Å². The fraction of sp³-hybridized carbons (Fsp3) is 0.706. The molecule has 0 spiro atoms. The molecule has 2 fully saturated rings. The third-order valence-electron chi connectivity index (χ3n) is 4.28. The number of furan rings is 1. The molecule has 128 valence electrons. The zero-order valence-corrected chi connectivity index (χ0v) is 14.4. The molecule has 0 aliphatic carbocycles. The van der Waals surface area contributed by atoms with Crippen molar-refractivity contribution in [1.29, 1.82) is 0 Å². The number of rotatable bonds is 6. The van der Waals surface area contributed by atoms with Crippen LogP contribution in [0.4, 0.5) is 0 Å². The molecule has 5 nitrogen and oxygen atoms in total. The average Bonchev–Trinajstić information content (AvgIpc) is 3.27. The Morgan fingerprint density at radius 2 is 2.39 bits per heavy atom. The highest BCUT2D eigenvalue weighted by atomic mass is 32.2. The van der Waals surface area contributed by atoms with Crippen molar-refractivity contribution >= 4 is 17.7 Å². The van der Waals surface area contributed by atoms with Gasteiger partial charge in [-0.2, -0.15) is 11.8 Å². The molecule has 23 heavy (non-hydrogen) atoms. The Balaban J connectivity index is 1.49. The lowest BCUT2D eigenvalue weighted by Crippen LogP contribution is -2.46. The van der Waals surface area contributed by atoms with E-state index in [4.69, 9.17) is 14.1 Å². The van der Waals surface area contributed by atoms with Crippen LogP contribution in [0.3, 0.4) is 0 Å². The number of guanidine groups is 1. The second-order valence-corrected chi connectivity index (χ2v) is 7.38. The fourth-order valence-electron chi connectivity index (χ4n) is 2.91. The molecule has 2 aliphatic heterocycles. The molecule has 1 aromatic rings. The molecule has 0 bridgehead atoms. The Kier molecular flexibility index (Phi) is 6.70. The van der Waals surface area contributed by atoms with Gasteiger partial charge < -0.3 is 19.8 Å². The van der Waals surface area contributed by atoms with Gasteiger partial charge in [0, 0.05) is 43.8 Å². The molecule has 0 aromatic carbocycles. The lowest BCUT2D eigenvalue weighted by molar-refractivity contribution is 0.187. The Morgan fingerprint density at radius 3 is 3.13 bits per heavy atom. The van der Waals surface area contributed by atoms with E-state index in [0.717, 1.165) is 50.9 Å². The smallest absolute Gasteiger partial charge is 0.191 e. The van der Waals surface area contributed by atoms with Crippen LogP contribution in [0.25, 0.3) is 0 Å². The summed E-state index contributed by atoms with van der Waals surface area (Å²) in [5.74, 6) is 4.98. The molecule has 0 radical (unpaired) electrons. The number of ether oxygens (including phenoxy) is 1. The van der Waals surface area contributed by atoms with Gasteiger partial charge in [-0.3, -0.25) is 4.99 Å². The Morgan fingerprint density at radius 1 is 1.39 bits per heavy atom. The first-order valence-electron chi connectivity index (χ1n) is 8.63. The number of nitrogens with zero attached hydrogens (tertiary/aromatic N) is 1. The normalized spacial score (nSPS) is 25.5. The zero-order chi connectivity index (χ0) is 15.7. The minimum atomic E-state index is 0.531. The van der Waals surface area contributed by atoms with Crippen LogP contribution in [-0.2, 0) is 11.2 Å². The predicted octanol–water partition coefficient (Wildman–Crippen LogP) is 2.29. The van der Waals surface area contributed by atoms with Gasteiger partial charge in [-0.05, 0) is 37.1 Å². The van der Waals surface area contributed by atoms with Crippen LogP contribution in [0.2, 0.25) is 0 Å². The molecule has 2 N–H and O–H groups in total. The second-order valence-electron chi connectivity index (χ2n) is 6.23. The number of aliphatic imine (C=N–C) groups is 1. The van der Waals surface area contributed by atoms with Gasteiger partial charge in [0.1, 0.15) is 5.76 Å². The first-order chi connectivity index (χ1) is 11.4. The van der Waals surface area contributed by atoms with Crippen LogP contribution in [-0.4, -0.2) is 49.8 Å². The average molecular weight is 337 g/mol. The summed E-state index contributed by atoms with van der Waals surface area (Å²) in [5, 5.41) is 7.06. The summed E-state index contributed by atoms with van der Waals surface area (Å²) in [6.45, 7) is 3.41. The lowest BCUT2D eigenvalue weighted by Gasteiger charge is -2.25. The molecule has 1 aromatic heterocycles. The Labute approximate surface area is 142 Å². The zero-order valence-electron chi connectivity index (χ0n) is 13.6. The van der Waals surface area contributed by atoms with Gasteiger partial charge in [-0.1, -0.05) is 0 Å². The maximum Gasteiger partial charge on any atom is 0.191 e. The van der Waals surface area contributed by atoms with Crippen LogP contribution in [0.1, 0.15) is 25.0 Å². The van der Waals surface area contributed by atoms with E-state index in [9.17, 15) is 0 Å². The quantitative estimate of drug-likeness (QED) is 0.616. The Hall–Kier alpha value is -1.14. The van der Waals surface area contributed by atoms with E-state index in [0.29, 0.717) is 12.0 Å². The first kappa shape index (κ1) is 16.7. The molecule has 0 saturated carbocycles. The van der Waals surface area contributed by atoms with Gasteiger partial charge >= 0.3 is 0 Å². The largest absolute Gasteiger partial charge is 0.469 e. The van der Waals surface area contributed by atoms with Gasteiger partial charge in [-0.15, -0.1) is 0 Å². The van der Waals surface area contributed by atoms with Crippen LogP contribution < -0.4 is 10.6 Å². The molecule has 2 aliphatic rings. The van der Waals surface area contributed by atoms with E-state index in [2.05, 4.69) is 10.6 Å². The third kappa shape index (κ3) is 5.77. The van der Waals surface area contributed by atoms with E-state index in [1.54, 1.807) is 6.26 Å². The van der Waals surface area contributed by atoms with Crippen LogP contribution in [0, 0.1) is 5.92 Å². The molecule has 3 heterocycles. The van der Waals surface area contributed by atoms with Gasteiger partial charge in [-0.25, -0.2) is 0 Å². The van der Waals surface area contributed by atoms with E-state index in [1.165, 1.54) is 24.3 Å². The van der Waals surface area contributed by atoms with Crippen LogP contribution in [0.15, 0.2) is 27.8 Å². The molecular weight excluding hydrogens is 310 g/mol. The summed E-state index contributed by atoms with van der Waals surface area (Å²) in [6, 6.07) is 4.48. The monoisotopic (exact) mass is 337 g/mol. The first-order valence-corrected chi connectivity index (χ1v) is 9.78. The predicted molar refractivity (Wildman–Crippen MR) is 95.1 cm³/mol. The number of hydrogen-bond donors (Lipinski definition) is 2. The molecule has 0 amide bonds. The van der Waals surface area contributed by atoms with Crippen LogP contribution in [0.5, 0.6) is 0 Å². The fourth-order valence-corrected chi connectivity index (χ4v) is 3.98. The minimum Gasteiger partial charge on any atom is -0.469 e. The Bertz CT molecular complexity index is 466. The highest BCUT2D eigenvalue weighted by molar-refractivity contribution is 7.99. The molecule has 3 rings (SSSR count). The molecule has 2 saturated heterocycles. The highest BCUT2D eigenvalue weighted by Crippen LogP contribution is 2.17. The van der Waals surface area contributed by atoms with Crippen molar-refractivity contribution in [2.24, 2.45) is 10.9 Å². The second kappa shape index (κ2) is 9.23. The van der Waals surface area contributed by atoms with Gasteiger partial charge in [0.05, 0.1) is 12.9 Å². The number of nitrogens with one attached hydrogen (secondary N) is 2. The standard InChI is InChI=1S/C17H27N3O2S/c1-4-16(22-8-1)5-7-18-17(19-11-14-6-9-21-12-14)20-15-3-2-10-23-13-15/h1,4,8,14-15H,2-3,5-7,9-13H2,(H2,18,19,20). The van der Waals surface area contributed by atoms with E-state index in [1.807, 2.05) is 23.9 Å². The van der Waals surface area contributed by atoms with Crippen molar-refractivity contribution < 1.29 is 9.15 Å². The maximum atomic E-state index is 5.44. The highest BCUT2D eigenvalue weighted by Gasteiger charge is 2.17. The topological polar surface area (TPSA) is 58.8 Å². The van der Waals surface area contributed by atoms with E-state index >= 15 is 0 Å². The molecule has 2 atom stereocenters. The number of hydrogen-bond acceptors (Lipinski definition) is 4. The van der Waals surface area contributed by atoms with Crippen LogP contribution >= 0.6 is 11.8 Å². The summed E-state index contributed by atoms with van der Waals surface area (Å²) in [5.41, 5.74) is 0. The van der Waals surface area contributed by atoms with Crippen molar-refractivity contribution in [2.45, 2.75) is 31.7 Å². The summed E-state index contributed by atoms with van der Waals surface area (Å²) in [7, 11) is 0. The van der Waals surface area contributed by atoms with Crippen molar-refractivity contribution in [1.82, 2.24) is 10.6 Å². The van der Waals surface area contributed by atoms with Crippen molar-refractivity contribution in [2.75, 3.05) is 37.8 Å². The van der Waals surface area contributed by atoms with Gasteiger partial charge in [0.15, 0.2) is 5.96 Å². The van der Waals surface area contributed by atoms with Crippen molar-refractivity contribution in [3.8, 4) is 0 Å².